The van der Waals surface area contributed by atoms with Crippen LogP contribution in [0.5, 0.6) is 5.75 Å². The van der Waals surface area contributed by atoms with Crippen LogP contribution in [-0.4, -0.2) is 47.4 Å². The Bertz CT molecular complexity index is 891. The van der Waals surface area contributed by atoms with Crippen LogP contribution in [0.15, 0.2) is 71.8 Å². The Kier molecular flexibility index (Phi) is 4.84. The SMILES string of the molecule is Oc1ccc(/C=N\N2CCN(Cc3cccc4ccccc34)CC2)cc1. The van der Waals surface area contributed by atoms with Gasteiger partial charge in [-0.2, -0.15) is 5.10 Å². The molecule has 1 aliphatic rings. The van der Waals surface area contributed by atoms with E-state index in [9.17, 15) is 5.11 Å². The van der Waals surface area contributed by atoms with Crippen LogP contribution in [0.3, 0.4) is 0 Å². The van der Waals surface area contributed by atoms with Crippen molar-refractivity contribution >= 4 is 17.0 Å². The second-order valence-electron chi connectivity index (χ2n) is 6.70. The van der Waals surface area contributed by atoms with E-state index in [2.05, 4.69) is 57.5 Å². The molecule has 0 atom stereocenters. The topological polar surface area (TPSA) is 39.1 Å². The zero-order valence-corrected chi connectivity index (χ0v) is 14.8. The molecule has 0 radical (unpaired) electrons. The first-order chi connectivity index (χ1) is 12.8. The molecule has 0 aromatic heterocycles. The molecule has 132 valence electrons. The Morgan fingerprint density at radius 3 is 2.38 bits per heavy atom. The molecule has 3 aromatic carbocycles. The van der Waals surface area contributed by atoms with Crippen molar-refractivity contribution in [3.8, 4) is 5.75 Å². The number of benzene rings is 3. The minimum atomic E-state index is 0.282. The number of phenols is 1. The minimum absolute atomic E-state index is 0.282. The first-order valence-electron chi connectivity index (χ1n) is 9.05. The number of nitrogens with zero attached hydrogens (tertiary/aromatic N) is 3. The Hall–Kier alpha value is -2.85. The monoisotopic (exact) mass is 345 g/mol. The summed E-state index contributed by atoms with van der Waals surface area (Å²) in [5.74, 6) is 0.282. The van der Waals surface area contributed by atoms with Crippen LogP contribution in [0.4, 0.5) is 0 Å². The molecule has 4 nitrogen and oxygen atoms in total. The molecular formula is C22H23N3O. The lowest BCUT2D eigenvalue weighted by Gasteiger charge is -2.33. The number of phenolic OH excluding ortho intramolecular Hbond substituents is 1. The number of hydrogen-bond donors (Lipinski definition) is 1. The number of hydrazone groups is 1. The van der Waals surface area contributed by atoms with Gasteiger partial charge in [-0.15, -0.1) is 0 Å². The van der Waals surface area contributed by atoms with Crippen LogP contribution in [0.2, 0.25) is 0 Å². The lowest BCUT2D eigenvalue weighted by Crippen LogP contribution is -2.43. The third kappa shape index (κ3) is 3.86. The van der Waals surface area contributed by atoms with Crippen LogP contribution in [0.25, 0.3) is 10.8 Å². The van der Waals surface area contributed by atoms with E-state index < -0.39 is 0 Å². The van der Waals surface area contributed by atoms with Gasteiger partial charge in [0.15, 0.2) is 0 Å². The molecule has 0 spiro atoms. The maximum absolute atomic E-state index is 9.33. The standard InChI is InChI=1S/C22H23N3O/c26-21-10-8-18(9-11-21)16-23-25-14-12-24(13-15-25)17-20-6-3-5-19-4-1-2-7-22(19)20/h1-11,16,26H,12-15,17H2/b23-16-. The number of rotatable bonds is 4. The molecule has 1 N–H and O–H groups in total. The Morgan fingerprint density at radius 2 is 1.58 bits per heavy atom. The van der Waals surface area contributed by atoms with Gasteiger partial charge >= 0.3 is 0 Å². The van der Waals surface area contributed by atoms with Crippen molar-refractivity contribution in [2.24, 2.45) is 5.10 Å². The van der Waals surface area contributed by atoms with Crippen molar-refractivity contribution in [3.05, 3.63) is 77.9 Å². The summed E-state index contributed by atoms with van der Waals surface area (Å²) in [4.78, 5) is 2.49. The summed E-state index contributed by atoms with van der Waals surface area (Å²) in [5, 5.41) is 18.7. The van der Waals surface area contributed by atoms with Gasteiger partial charge in [-0.1, -0.05) is 42.5 Å². The Labute approximate surface area is 154 Å². The average molecular weight is 345 g/mol. The fourth-order valence-corrected chi connectivity index (χ4v) is 3.39. The molecule has 4 rings (SSSR count). The molecular weight excluding hydrogens is 322 g/mol. The zero-order chi connectivity index (χ0) is 17.8. The molecule has 1 fully saturated rings. The summed E-state index contributed by atoms with van der Waals surface area (Å²) in [6, 6.07) is 22.3. The predicted molar refractivity (Wildman–Crippen MR) is 106 cm³/mol. The van der Waals surface area contributed by atoms with E-state index in [1.165, 1.54) is 16.3 Å². The largest absolute Gasteiger partial charge is 0.508 e. The molecule has 0 unspecified atom stereocenters. The van der Waals surface area contributed by atoms with Gasteiger partial charge < -0.3 is 5.11 Å². The summed E-state index contributed by atoms with van der Waals surface area (Å²) >= 11 is 0. The van der Waals surface area contributed by atoms with Gasteiger partial charge in [0.2, 0.25) is 0 Å². The van der Waals surface area contributed by atoms with Crippen LogP contribution in [-0.2, 0) is 6.54 Å². The van der Waals surface area contributed by atoms with Crippen LogP contribution >= 0.6 is 0 Å². The highest BCUT2D eigenvalue weighted by atomic mass is 16.3. The predicted octanol–water partition coefficient (Wildman–Crippen LogP) is 3.70. The summed E-state index contributed by atoms with van der Waals surface area (Å²) in [7, 11) is 0. The van der Waals surface area contributed by atoms with E-state index in [-0.39, 0.29) is 5.75 Å². The molecule has 1 aliphatic heterocycles. The van der Waals surface area contributed by atoms with Crippen molar-refractivity contribution in [2.45, 2.75) is 6.54 Å². The fraction of sp³-hybridized carbons (Fsp3) is 0.227. The van der Waals surface area contributed by atoms with Crippen molar-refractivity contribution in [1.82, 2.24) is 9.91 Å². The van der Waals surface area contributed by atoms with Crippen molar-refractivity contribution in [3.63, 3.8) is 0 Å². The lowest BCUT2D eigenvalue weighted by molar-refractivity contribution is 0.131. The first-order valence-corrected chi connectivity index (χ1v) is 9.05. The highest BCUT2D eigenvalue weighted by Gasteiger charge is 2.16. The van der Waals surface area contributed by atoms with E-state index in [0.717, 1.165) is 38.3 Å². The van der Waals surface area contributed by atoms with E-state index in [4.69, 9.17) is 0 Å². The fourth-order valence-electron chi connectivity index (χ4n) is 3.39. The van der Waals surface area contributed by atoms with E-state index in [0.29, 0.717) is 0 Å². The second kappa shape index (κ2) is 7.58. The quantitative estimate of drug-likeness (QED) is 0.733. The molecule has 0 saturated carbocycles. The van der Waals surface area contributed by atoms with Gasteiger partial charge in [-0.3, -0.25) is 9.91 Å². The second-order valence-corrected chi connectivity index (χ2v) is 6.70. The number of aromatic hydroxyl groups is 1. The number of hydrogen-bond acceptors (Lipinski definition) is 4. The molecule has 1 heterocycles. The normalized spacial score (nSPS) is 15.8. The van der Waals surface area contributed by atoms with Crippen LogP contribution in [0, 0.1) is 0 Å². The van der Waals surface area contributed by atoms with Gasteiger partial charge in [0.1, 0.15) is 5.75 Å². The van der Waals surface area contributed by atoms with Gasteiger partial charge in [0, 0.05) is 32.7 Å². The number of fused-ring (bicyclic) bond motifs is 1. The lowest BCUT2D eigenvalue weighted by atomic mass is 10.0. The molecule has 4 heteroatoms. The van der Waals surface area contributed by atoms with E-state index in [1.807, 2.05) is 18.3 Å². The Balaban J connectivity index is 1.35. The molecule has 0 aliphatic carbocycles. The van der Waals surface area contributed by atoms with Crippen molar-refractivity contribution < 1.29 is 5.11 Å². The van der Waals surface area contributed by atoms with Crippen molar-refractivity contribution in [2.75, 3.05) is 26.2 Å². The van der Waals surface area contributed by atoms with Crippen LogP contribution in [0.1, 0.15) is 11.1 Å². The minimum Gasteiger partial charge on any atom is -0.508 e. The van der Waals surface area contributed by atoms with Crippen LogP contribution < -0.4 is 0 Å². The van der Waals surface area contributed by atoms with Gasteiger partial charge in [-0.05, 0) is 46.2 Å². The van der Waals surface area contributed by atoms with E-state index in [1.54, 1.807) is 12.1 Å². The molecule has 26 heavy (non-hydrogen) atoms. The van der Waals surface area contributed by atoms with Gasteiger partial charge in [0.25, 0.3) is 0 Å². The van der Waals surface area contributed by atoms with Gasteiger partial charge in [-0.25, -0.2) is 0 Å². The average Bonchev–Trinajstić information content (AvgIpc) is 2.69. The third-order valence-corrected chi connectivity index (χ3v) is 4.89. The van der Waals surface area contributed by atoms with Gasteiger partial charge in [0.05, 0.1) is 6.21 Å². The number of piperazine rings is 1. The third-order valence-electron chi connectivity index (χ3n) is 4.89. The smallest absolute Gasteiger partial charge is 0.115 e. The van der Waals surface area contributed by atoms with Crippen molar-refractivity contribution in [1.29, 1.82) is 0 Å². The summed E-state index contributed by atoms with van der Waals surface area (Å²) < 4.78 is 0. The highest BCUT2D eigenvalue weighted by Crippen LogP contribution is 2.20. The molecule has 1 saturated heterocycles. The zero-order valence-electron chi connectivity index (χ0n) is 14.8. The maximum atomic E-state index is 9.33. The first kappa shape index (κ1) is 16.6. The summed E-state index contributed by atoms with van der Waals surface area (Å²) in [6.07, 6.45) is 1.86. The summed E-state index contributed by atoms with van der Waals surface area (Å²) in [5.41, 5.74) is 2.39. The molecule has 3 aromatic rings. The highest BCUT2D eigenvalue weighted by molar-refractivity contribution is 5.85. The maximum Gasteiger partial charge on any atom is 0.115 e. The Morgan fingerprint density at radius 1 is 0.846 bits per heavy atom. The van der Waals surface area contributed by atoms with E-state index >= 15 is 0 Å². The molecule has 0 amide bonds. The summed E-state index contributed by atoms with van der Waals surface area (Å²) in [6.45, 7) is 4.86. The molecule has 0 bridgehead atoms.